The molecule has 28 heavy (non-hydrogen) atoms. The van der Waals surface area contributed by atoms with Crippen molar-refractivity contribution in [2.45, 2.75) is 30.3 Å². The van der Waals surface area contributed by atoms with Crippen LogP contribution in [0.1, 0.15) is 11.3 Å². The zero-order valence-electron chi connectivity index (χ0n) is 15.3. The molecule has 1 aromatic heterocycles. The molecule has 2 fully saturated rings. The van der Waals surface area contributed by atoms with Crippen molar-refractivity contribution in [3.8, 4) is 0 Å². The second-order valence-electron chi connectivity index (χ2n) is 7.07. The molecule has 0 bridgehead atoms. The molecule has 3 heterocycles. The molecule has 148 valence electrons. The minimum Gasteiger partial charge on any atom is -0.348 e. The van der Waals surface area contributed by atoms with E-state index in [2.05, 4.69) is 15.3 Å². The monoisotopic (exact) mass is 403 g/mol. The zero-order valence-corrected chi connectivity index (χ0v) is 16.1. The lowest BCUT2D eigenvalue weighted by Gasteiger charge is -2.44. The number of hydrogen-bond donors (Lipinski definition) is 2. The molecule has 4 rings (SSSR count). The quantitative estimate of drug-likeness (QED) is 0.725. The van der Waals surface area contributed by atoms with Crippen LogP contribution < -0.4 is 5.32 Å². The number of benzene rings is 1. The van der Waals surface area contributed by atoms with Gasteiger partial charge in [-0.15, -0.1) is 0 Å². The number of aromatic amines is 1. The molecule has 2 N–H and O–H groups in total. The number of piperazine rings is 2. The normalized spacial score (nSPS) is 23.4. The van der Waals surface area contributed by atoms with E-state index in [-0.39, 0.29) is 36.3 Å². The number of imidazole rings is 1. The molecule has 9 nitrogen and oxygen atoms in total. The van der Waals surface area contributed by atoms with Crippen LogP contribution in [0.5, 0.6) is 0 Å². The van der Waals surface area contributed by atoms with E-state index in [9.17, 15) is 18.0 Å². The third-order valence-corrected chi connectivity index (χ3v) is 7.06. The summed E-state index contributed by atoms with van der Waals surface area (Å²) in [7, 11) is -3.72. The summed E-state index contributed by atoms with van der Waals surface area (Å²) in [6, 6.07) is 5.09. The van der Waals surface area contributed by atoms with Crippen LogP contribution in [0.2, 0.25) is 0 Å². The Morgan fingerprint density at radius 2 is 1.93 bits per heavy atom. The van der Waals surface area contributed by atoms with Crippen LogP contribution in [-0.2, 0) is 26.0 Å². The van der Waals surface area contributed by atoms with E-state index < -0.39 is 22.1 Å². The number of H-pyrrole nitrogens is 1. The van der Waals surface area contributed by atoms with Gasteiger partial charge < -0.3 is 15.2 Å². The van der Waals surface area contributed by atoms with Crippen molar-refractivity contribution in [1.82, 2.24) is 24.5 Å². The summed E-state index contributed by atoms with van der Waals surface area (Å²) in [4.78, 5) is 33.9. The van der Waals surface area contributed by atoms with Gasteiger partial charge in [-0.1, -0.05) is 17.7 Å². The van der Waals surface area contributed by atoms with Gasteiger partial charge in [0, 0.05) is 37.9 Å². The van der Waals surface area contributed by atoms with Crippen LogP contribution in [0, 0.1) is 6.92 Å². The molecule has 2 atom stereocenters. The Labute approximate surface area is 162 Å². The Kier molecular flexibility index (Phi) is 4.68. The fourth-order valence-corrected chi connectivity index (χ4v) is 5.05. The summed E-state index contributed by atoms with van der Waals surface area (Å²) in [5.41, 5.74) is 1.71. The van der Waals surface area contributed by atoms with Crippen molar-refractivity contribution in [2.75, 3.05) is 19.6 Å². The number of fused-ring (bicyclic) bond motifs is 1. The number of aromatic nitrogens is 2. The second kappa shape index (κ2) is 7.02. The van der Waals surface area contributed by atoms with E-state index in [0.29, 0.717) is 6.42 Å². The first-order valence-electron chi connectivity index (χ1n) is 9.01. The molecule has 2 aromatic rings. The number of aryl methyl sites for hydroxylation is 1. The number of carbonyl (C=O) groups excluding carboxylic acids is 2. The number of amides is 2. The zero-order chi connectivity index (χ0) is 19.9. The summed E-state index contributed by atoms with van der Waals surface area (Å²) in [5, 5.41) is 2.72. The van der Waals surface area contributed by atoms with Gasteiger partial charge in [-0.2, -0.15) is 4.31 Å². The standard InChI is InChI=1S/C18H21N5O4S/c1-12-2-4-14(5-3-12)28(26,27)22-6-7-23-16(10-22)17(24)21-15(18(23)25)8-13-9-19-11-20-13/h2-5,9,11,15-16H,6-8,10H2,1H3,(H,19,20)(H,21,24)/t15-,16+/m0/s1. The van der Waals surface area contributed by atoms with Crippen LogP contribution in [0.4, 0.5) is 0 Å². The molecule has 2 aliphatic heterocycles. The molecule has 2 aliphatic rings. The van der Waals surface area contributed by atoms with Crippen molar-refractivity contribution in [3.05, 3.63) is 48.0 Å². The molecular weight excluding hydrogens is 382 g/mol. The number of carbonyl (C=O) groups is 2. The van der Waals surface area contributed by atoms with Crippen LogP contribution in [0.3, 0.4) is 0 Å². The largest absolute Gasteiger partial charge is 0.348 e. The summed E-state index contributed by atoms with van der Waals surface area (Å²) in [6.45, 7) is 2.17. The second-order valence-corrected chi connectivity index (χ2v) is 9.00. The number of rotatable bonds is 4. The van der Waals surface area contributed by atoms with Gasteiger partial charge in [0.25, 0.3) is 0 Å². The predicted octanol–water partition coefficient (Wildman–Crippen LogP) is -0.339. The third-order valence-electron chi connectivity index (χ3n) is 5.18. The van der Waals surface area contributed by atoms with E-state index in [1.165, 1.54) is 15.5 Å². The minimum atomic E-state index is -3.72. The highest BCUT2D eigenvalue weighted by molar-refractivity contribution is 7.89. The highest BCUT2D eigenvalue weighted by atomic mass is 32.2. The Bertz CT molecular complexity index is 987. The highest BCUT2D eigenvalue weighted by Crippen LogP contribution is 2.23. The van der Waals surface area contributed by atoms with E-state index >= 15 is 0 Å². The average Bonchev–Trinajstić information content (AvgIpc) is 3.19. The smallest absolute Gasteiger partial charge is 0.246 e. The summed E-state index contributed by atoms with van der Waals surface area (Å²) in [6.07, 6.45) is 3.44. The lowest BCUT2D eigenvalue weighted by Crippen LogP contribution is -2.69. The first-order valence-corrected chi connectivity index (χ1v) is 10.5. The number of nitrogens with one attached hydrogen (secondary N) is 2. The van der Waals surface area contributed by atoms with Crippen LogP contribution in [-0.4, -0.2) is 71.1 Å². The van der Waals surface area contributed by atoms with Crippen LogP contribution >= 0.6 is 0 Å². The molecule has 10 heteroatoms. The van der Waals surface area contributed by atoms with Gasteiger partial charge in [-0.3, -0.25) is 9.59 Å². The Balaban J connectivity index is 1.51. The van der Waals surface area contributed by atoms with Crippen molar-refractivity contribution in [2.24, 2.45) is 0 Å². The molecule has 2 amide bonds. The lowest BCUT2D eigenvalue weighted by atomic mass is 10.0. The minimum absolute atomic E-state index is 0.0510. The molecule has 2 saturated heterocycles. The van der Waals surface area contributed by atoms with E-state index in [0.717, 1.165) is 11.3 Å². The lowest BCUT2D eigenvalue weighted by molar-refractivity contribution is -0.151. The summed E-state index contributed by atoms with van der Waals surface area (Å²) >= 11 is 0. The van der Waals surface area contributed by atoms with E-state index in [1.807, 2.05) is 6.92 Å². The van der Waals surface area contributed by atoms with Gasteiger partial charge in [0.1, 0.15) is 12.1 Å². The maximum atomic E-state index is 12.9. The fraction of sp³-hybridized carbons (Fsp3) is 0.389. The average molecular weight is 403 g/mol. The van der Waals surface area contributed by atoms with Crippen molar-refractivity contribution < 1.29 is 18.0 Å². The molecule has 0 saturated carbocycles. The first-order chi connectivity index (χ1) is 13.4. The van der Waals surface area contributed by atoms with Gasteiger partial charge in [-0.05, 0) is 19.1 Å². The maximum Gasteiger partial charge on any atom is 0.246 e. The summed E-state index contributed by atoms with van der Waals surface area (Å²) < 4.78 is 27.1. The van der Waals surface area contributed by atoms with Gasteiger partial charge in [-0.25, -0.2) is 13.4 Å². The van der Waals surface area contributed by atoms with Gasteiger partial charge in [0.2, 0.25) is 21.8 Å². The molecule has 1 aromatic carbocycles. The fourth-order valence-electron chi connectivity index (χ4n) is 3.61. The van der Waals surface area contributed by atoms with Crippen molar-refractivity contribution >= 4 is 21.8 Å². The number of hydrogen-bond acceptors (Lipinski definition) is 5. The molecule has 0 aliphatic carbocycles. The van der Waals surface area contributed by atoms with Crippen molar-refractivity contribution in [1.29, 1.82) is 0 Å². The molecule has 0 unspecified atom stereocenters. The third kappa shape index (κ3) is 3.29. The van der Waals surface area contributed by atoms with Gasteiger partial charge in [0.05, 0.1) is 11.2 Å². The first kappa shape index (κ1) is 18.6. The molecular formula is C18H21N5O4S. The Morgan fingerprint density at radius 1 is 1.18 bits per heavy atom. The SMILES string of the molecule is Cc1ccc(S(=O)(=O)N2CCN3C(=O)[C@H](Cc4cnc[nH]4)NC(=O)[C@H]3C2)cc1. The highest BCUT2D eigenvalue weighted by Gasteiger charge is 2.45. The van der Waals surface area contributed by atoms with Crippen molar-refractivity contribution in [3.63, 3.8) is 0 Å². The topological polar surface area (TPSA) is 115 Å². The van der Waals surface area contributed by atoms with Crippen LogP contribution in [0.15, 0.2) is 41.7 Å². The Morgan fingerprint density at radius 3 is 2.61 bits per heavy atom. The Hall–Kier alpha value is -2.72. The van der Waals surface area contributed by atoms with E-state index in [4.69, 9.17) is 0 Å². The van der Waals surface area contributed by atoms with Gasteiger partial charge in [0.15, 0.2) is 0 Å². The van der Waals surface area contributed by atoms with E-state index in [1.54, 1.807) is 30.5 Å². The molecule has 0 radical (unpaired) electrons. The van der Waals surface area contributed by atoms with Crippen LogP contribution in [0.25, 0.3) is 0 Å². The predicted molar refractivity (Wildman–Crippen MR) is 99.7 cm³/mol. The number of nitrogens with zero attached hydrogens (tertiary/aromatic N) is 3. The number of sulfonamides is 1. The maximum absolute atomic E-state index is 12.9. The van der Waals surface area contributed by atoms with Gasteiger partial charge >= 0.3 is 0 Å². The summed E-state index contributed by atoms with van der Waals surface area (Å²) in [5.74, 6) is -0.542. The molecule has 0 spiro atoms.